The Morgan fingerprint density at radius 1 is 1.29 bits per heavy atom. The van der Waals surface area contributed by atoms with Gasteiger partial charge in [-0.05, 0) is 12.0 Å². The molecule has 0 radical (unpaired) electrons. The molecule has 0 aliphatic heterocycles. The van der Waals surface area contributed by atoms with Crippen LogP contribution in [0.3, 0.4) is 0 Å². The summed E-state index contributed by atoms with van der Waals surface area (Å²) >= 11 is 0. The Kier molecular flexibility index (Phi) is 5.58. The average molecular weight is 231 g/mol. The molecule has 1 rings (SSSR count). The number of ether oxygens (including phenoxy) is 1. The van der Waals surface area contributed by atoms with Gasteiger partial charge in [0.1, 0.15) is 6.61 Å². The normalized spacial score (nSPS) is 11.3. The molecule has 3 nitrogen and oxygen atoms in total. The average Bonchev–Trinajstić information content (AvgIpc) is 2.37. The molecule has 1 N–H and O–H groups in total. The van der Waals surface area contributed by atoms with Crippen molar-refractivity contribution in [3.63, 3.8) is 0 Å². The summed E-state index contributed by atoms with van der Waals surface area (Å²) in [4.78, 5) is 11.4. The van der Waals surface area contributed by atoms with Crippen LogP contribution in [0.5, 0.6) is 0 Å². The fourth-order valence-electron chi connectivity index (χ4n) is 1.45. The minimum atomic E-state index is -0.444. The number of benzene rings is 1. The highest BCUT2D eigenvalue weighted by Crippen LogP contribution is 2.16. The van der Waals surface area contributed by atoms with Crippen molar-refractivity contribution in [1.82, 2.24) is 5.32 Å². The molecule has 0 saturated heterocycles. The summed E-state index contributed by atoms with van der Waals surface area (Å²) in [6, 6.07) is 9.62. The number of rotatable bonds is 6. The molecule has 0 aromatic heterocycles. The van der Waals surface area contributed by atoms with E-state index in [4.69, 9.17) is 4.74 Å². The second kappa shape index (κ2) is 7.28. The summed E-state index contributed by atoms with van der Waals surface area (Å²) in [7, 11) is 0. The monoisotopic (exact) mass is 231 g/mol. The number of hydrogen-bond acceptors (Lipinski definition) is 2. The Bertz CT molecular complexity index is 373. The Labute approximate surface area is 102 Å². The van der Waals surface area contributed by atoms with Crippen LogP contribution in [-0.2, 0) is 4.74 Å². The quantitative estimate of drug-likeness (QED) is 0.763. The van der Waals surface area contributed by atoms with Gasteiger partial charge in [0, 0.05) is 0 Å². The Hall–Kier alpha value is -2.03. The van der Waals surface area contributed by atoms with E-state index in [0.29, 0.717) is 6.42 Å². The van der Waals surface area contributed by atoms with E-state index < -0.39 is 6.09 Å². The van der Waals surface area contributed by atoms with Gasteiger partial charge in [-0.2, -0.15) is 0 Å². The SMILES string of the molecule is C=CCOC(=O)NC(CC=C)c1ccccc1. The number of amides is 1. The maximum absolute atomic E-state index is 11.4. The largest absolute Gasteiger partial charge is 0.445 e. The molecule has 1 amide bonds. The van der Waals surface area contributed by atoms with Crippen molar-refractivity contribution >= 4 is 6.09 Å². The molecular formula is C14H17NO2. The maximum Gasteiger partial charge on any atom is 0.407 e. The summed E-state index contributed by atoms with van der Waals surface area (Å²) in [6.07, 6.45) is 3.52. The van der Waals surface area contributed by atoms with Gasteiger partial charge in [-0.15, -0.1) is 6.58 Å². The number of alkyl carbamates (subject to hydrolysis) is 1. The van der Waals surface area contributed by atoms with E-state index in [9.17, 15) is 4.79 Å². The van der Waals surface area contributed by atoms with Crippen molar-refractivity contribution in [2.45, 2.75) is 12.5 Å². The fourth-order valence-corrected chi connectivity index (χ4v) is 1.45. The number of nitrogens with one attached hydrogen (secondary N) is 1. The highest BCUT2D eigenvalue weighted by Gasteiger charge is 2.13. The molecule has 1 aromatic carbocycles. The van der Waals surface area contributed by atoms with Crippen molar-refractivity contribution in [3.8, 4) is 0 Å². The molecule has 0 saturated carbocycles. The first-order chi connectivity index (χ1) is 8.27. The van der Waals surface area contributed by atoms with Crippen molar-refractivity contribution in [1.29, 1.82) is 0 Å². The van der Waals surface area contributed by atoms with Gasteiger partial charge in [0.15, 0.2) is 0 Å². The number of carbonyl (C=O) groups is 1. The highest BCUT2D eigenvalue weighted by atomic mass is 16.5. The lowest BCUT2D eigenvalue weighted by atomic mass is 10.0. The van der Waals surface area contributed by atoms with Crippen LogP contribution in [-0.4, -0.2) is 12.7 Å². The smallest absolute Gasteiger partial charge is 0.407 e. The lowest BCUT2D eigenvalue weighted by Gasteiger charge is -2.17. The van der Waals surface area contributed by atoms with E-state index in [1.54, 1.807) is 6.08 Å². The third-order valence-electron chi connectivity index (χ3n) is 2.23. The molecule has 0 aliphatic rings. The van der Waals surface area contributed by atoms with E-state index in [0.717, 1.165) is 5.56 Å². The standard InChI is InChI=1S/C14H17NO2/c1-3-8-13(12-9-6-5-7-10-12)15-14(16)17-11-4-2/h3-7,9-10,13H,1-2,8,11H2,(H,15,16). The van der Waals surface area contributed by atoms with E-state index in [2.05, 4.69) is 18.5 Å². The van der Waals surface area contributed by atoms with Gasteiger partial charge in [-0.1, -0.05) is 49.1 Å². The molecule has 0 fully saturated rings. The van der Waals surface area contributed by atoms with Gasteiger partial charge in [-0.25, -0.2) is 4.79 Å². The summed E-state index contributed by atoms with van der Waals surface area (Å²) < 4.78 is 4.89. The van der Waals surface area contributed by atoms with Crippen LogP contribution in [0.4, 0.5) is 4.79 Å². The van der Waals surface area contributed by atoms with E-state index in [-0.39, 0.29) is 12.6 Å². The lowest BCUT2D eigenvalue weighted by Crippen LogP contribution is -2.28. The zero-order valence-corrected chi connectivity index (χ0v) is 9.76. The van der Waals surface area contributed by atoms with Gasteiger partial charge in [0.25, 0.3) is 0 Å². The molecule has 17 heavy (non-hydrogen) atoms. The summed E-state index contributed by atoms with van der Waals surface area (Å²) in [5.41, 5.74) is 1.03. The summed E-state index contributed by atoms with van der Waals surface area (Å²) in [5.74, 6) is 0. The molecule has 90 valence electrons. The topological polar surface area (TPSA) is 38.3 Å². The zero-order valence-electron chi connectivity index (χ0n) is 9.76. The van der Waals surface area contributed by atoms with E-state index in [1.807, 2.05) is 30.3 Å². The van der Waals surface area contributed by atoms with Crippen LogP contribution in [0.25, 0.3) is 0 Å². The van der Waals surface area contributed by atoms with Crippen LogP contribution < -0.4 is 5.32 Å². The molecule has 0 heterocycles. The van der Waals surface area contributed by atoms with Crippen molar-refractivity contribution in [2.24, 2.45) is 0 Å². The zero-order chi connectivity index (χ0) is 12.5. The Morgan fingerprint density at radius 3 is 2.59 bits per heavy atom. The second-order valence-corrected chi connectivity index (χ2v) is 3.52. The summed E-state index contributed by atoms with van der Waals surface area (Å²) in [6.45, 7) is 7.38. The van der Waals surface area contributed by atoms with Crippen molar-refractivity contribution < 1.29 is 9.53 Å². The fraction of sp³-hybridized carbons (Fsp3) is 0.214. The molecule has 0 aliphatic carbocycles. The number of hydrogen-bond donors (Lipinski definition) is 1. The first-order valence-corrected chi connectivity index (χ1v) is 5.48. The van der Waals surface area contributed by atoms with Crippen molar-refractivity contribution in [2.75, 3.05) is 6.61 Å². The van der Waals surface area contributed by atoms with E-state index >= 15 is 0 Å². The predicted molar refractivity (Wildman–Crippen MR) is 68.7 cm³/mol. The minimum absolute atomic E-state index is 0.106. The molecule has 1 unspecified atom stereocenters. The van der Waals surface area contributed by atoms with Crippen LogP contribution in [0.2, 0.25) is 0 Å². The molecule has 1 atom stereocenters. The molecule has 1 aromatic rings. The first-order valence-electron chi connectivity index (χ1n) is 5.48. The van der Waals surface area contributed by atoms with Crippen LogP contribution in [0.1, 0.15) is 18.0 Å². The predicted octanol–water partition coefficient (Wildman–Crippen LogP) is 3.22. The van der Waals surface area contributed by atoms with Gasteiger partial charge in [-0.3, -0.25) is 0 Å². The molecule has 3 heteroatoms. The minimum Gasteiger partial charge on any atom is -0.445 e. The second-order valence-electron chi connectivity index (χ2n) is 3.52. The summed E-state index contributed by atoms with van der Waals surface area (Å²) in [5, 5.41) is 2.79. The molecule has 0 bridgehead atoms. The van der Waals surface area contributed by atoms with Crippen molar-refractivity contribution in [3.05, 3.63) is 61.2 Å². The van der Waals surface area contributed by atoms with Crippen LogP contribution in [0.15, 0.2) is 55.6 Å². The van der Waals surface area contributed by atoms with Crippen LogP contribution in [0, 0.1) is 0 Å². The number of carbonyl (C=O) groups excluding carboxylic acids is 1. The van der Waals surface area contributed by atoms with Gasteiger partial charge < -0.3 is 10.1 Å². The maximum atomic E-state index is 11.4. The molecule has 0 spiro atoms. The van der Waals surface area contributed by atoms with Gasteiger partial charge in [0.05, 0.1) is 6.04 Å². The third-order valence-corrected chi connectivity index (χ3v) is 2.23. The first kappa shape index (κ1) is 13.0. The van der Waals surface area contributed by atoms with Gasteiger partial charge >= 0.3 is 6.09 Å². The Morgan fingerprint density at radius 2 is 2.00 bits per heavy atom. The van der Waals surface area contributed by atoms with Crippen LogP contribution >= 0.6 is 0 Å². The highest BCUT2D eigenvalue weighted by molar-refractivity contribution is 5.68. The molecular weight excluding hydrogens is 214 g/mol. The van der Waals surface area contributed by atoms with E-state index in [1.165, 1.54) is 6.08 Å². The Balaban J connectivity index is 2.63. The third kappa shape index (κ3) is 4.55. The van der Waals surface area contributed by atoms with Gasteiger partial charge in [0.2, 0.25) is 0 Å². The lowest BCUT2D eigenvalue weighted by molar-refractivity contribution is 0.154.